The van der Waals surface area contributed by atoms with Crippen LogP contribution in [0, 0.1) is 5.41 Å². The molecule has 1 saturated carbocycles. The molecule has 3 nitrogen and oxygen atoms in total. The largest absolute Gasteiger partial charge is 0.496 e. The van der Waals surface area contributed by atoms with Crippen LogP contribution < -0.4 is 10.1 Å². The number of para-hydroxylation sites is 1. The highest BCUT2D eigenvalue weighted by Crippen LogP contribution is 2.41. The van der Waals surface area contributed by atoms with E-state index in [9.17, 15) is 0 Å². The number of hydrogen-bond acceptors (Lipinski definition) is 4. The van der Waals surface area contributed by atoms with Gasteiger partial charge in [0.1, 0.15) is 5.75 Å². The van der Waals surface area contributed by atoms with Crippen LogP contribution in [0.2, 0.25) is 0 Å². The number of benzene rings is 1. The van der Waals surface area contributed by atoms with Crippen molar-refractivity contribution in [1.29, 1.82) is 0 Å². The fraction of sp³-hybridized carbons (Fsp3) is 0.588. The van der Waals surface area contributed by atoms with E-state index in [-0.39, 0.29) is 0 Å². The molecule has 1 aliphatic heterocycles. The first-order valence-electron chi connectivity index (χ1n) is 7.84. The van der Waals surface area contributed by atoms with Crippen LogP contribution in [0.4, 0.5) is 0 Å². The summed E-state index contributed by atoms with van der Waals surface area (Å²) in [5.41, 5.74) is 1.68. The van der Waals surface area contributed by atoms with Crippen LogP contribution in [0.5, 0.6) is 5.75 Å². The summed E-state index contributed by atoms with van der Waals surface area (Å²) in [6, 6.07) is 8.15. The quantitative estimate of drug-likeness (QED) is 0.921. The SMILES string of the molecule is COc1ccccc1CNC1=NCC2(CCCCC2)CS1. The average molecular weight is 304 g/mol. The Bertz CT molecular complexity index is 509. The molecule has 0 radical (unpaired) electrons. The van der Waals surface area contributed by atoms with Crippen LogP contribution in [-0.4, -0.2) is 24.6 Å². The van der Waals surface area contributed by atoms with E-state index in [2.05, 4.69) is 11.4 Å². The highest BCUT2D eigenvalue weighted by atomic mass is 32.2. The van der Waals surface area contributed by atoms with Gasteiger partial charge in [-0.2, -0.15) is 0 Å². The maximum Gasteiger partial charge on any atom is 0.156 e. The lowest BCUT2D eigenvalue weighted by atomic mass is 9.75. The minimum Gasteiger partial charge on any atom is -0.496 e. The first-order valence-corrected chi connectivity index (χ1v) is 8.83. The lowest BCUT2D eigenvalue weighted by molar-refractivity contribution is 0.232. The number of rotatable bonds is 3. The van der Waals surface area contributed by atoms with Crippen molar-refractivity contribution in [1.82, 2.24) is 5.32 Å². The van der Waals surface area contributed by atoms with Gasteiger partial charge >= 0.3 is 0 Å². The van der Waals surface area contributed by atoms with Crippen LogP contribution in [0.3, 0.4) is 0 Å². The van der Waals surface area contributed by atoms with E-state index in [1.54, 1.807) is 7.11 Å². The number of aliphatic imine (C=N–C) groups is 1. The van der Waals surface area contributed by atoms with Crippen molar-refractivity contribution in [2.24, 2.45) is 10.4 Å². The number of nitrogens with one attached hydrogen (secondary N) is 1. The van der Waals surface area contributed by atoms with Crippen molar-refractivity contribution >= 4 is 16.9 Å². The van der Waals surface area contributed by atoms with Crippen LogP contribution >= 0.6 is 11.8 Å². The first-order chi connectivity index (χ1) is 10.3. The van der Waals surface area contributed by atoms with E-state index in [0.717, 1.165) is 24.0 Å². The molecule has 0 amide bonds. The molecule has 1 aliphatic carbocycles. The van der Waals surface area contributed by atoms with Gasteiger partial charge in [-0.3, -0.25) is 4.99 Å². The van der Waals surface area contributed by atoms with Crippen molar-refractivity contribution in [2.75, 3.05) is 19.4 Å². The molecular formula is C17H24N2OS. The molecular weight excluding hydrogens is 280 g/mol. The fourth-order valence-corrected chi connectivity index (χ4v) is 4.44. The number of methoxy groups -OCH3 is 1. The second-order valence-electron chi connectivity index (χ2n) is 6.14. The van der Waals surface area contributed by atoms with Gasteiger partial charge in [-0.15, -0.1) is 0 Å². The highest BCUT2D eigenvalue weighted by molar-refractivity contribution is 8.13. The normalized spacial score (nSPS) is 20.9. The van der Waals surface area contributed by atoms with Crippen LogP contribution in [0.25, 0.3) is 0 Å². The van der Waals surface area contributed by atoms with Gasteiger partial charge in [0, 0.05) is 24.4 Å². The summed E-state index contributed by atoms with van der Waals surface area (Å²) in [6.45, 7) is 1.79. The average Bonchev–Trinajstić information content (AvgIpc) is 2.55. The summed E-state index contributed by atoms with van der Waals surface area (Å²) in [5.74, 6) is 2.17. The van der Waals surface area contributed by atoms with Crippen molar-refractivity contribution in [3.05, 3.63) is 29.8 Å². The topological polar surface area (TPSA) is 33.6 Å². The molecule has 0 aromatic heterocycles. The number of hydrogen-bond donors (Lipinski definition) is 1. The monoisotopic (exact) mass is 304 g/mol. The standard InChI is InChI=1S/C17H24N2OS/c1-20-15-8-4-3-7-14(15)11-18-16-19-12-17(13-21-16)9-5-2-6-10-17/h3-4,7-8H,2,5-6,9-13H2,1H3,(H,18,19). The molecule has 114 valence electrons. The van der Waals surface area contributed by atoms with E-state index < -0.39 is 0 Å². The number of amidine groups is 1. The predicted octanol–water partition coefficient (Wildman–Crippen LogP) is 3.84. The molecule has 1 spiro atoms. The molecule has 21 heavy (non-hydrogen) atoms. The Balaban J connectivity index is 1.57. The zero-order valence-corrected chi connectivity index (χ0v) is 13.5. The highest BCUT2D eigenvalue weighted by Gasteiger charge is 2.34. The smallest absolute Gasteiger partial charge is 0.156 e. The van der Waals surface area contributed by atoms with E-state index in [1.807, 2.05) is 30.0 Å². The lowest BCUT2D eigenvalue weighted by Crippen LogP contribution is -2.36. The van der Waals surface area contributed by atoms with Crippen molar-refractivity contribution in [3.8, 4) is 5.75 Å². The summed E-state index contributed by atoms with van der Waals surface area (Å²) in [5, 5.41) is 4.56. The molecule has 1 N–H and O–H groups in total. The Morgan fingerprint density at radius 3 is 2.76 bits per heavy atom. The Morgan fingerprint density at radius 2 is 2.05 bits per heavy atom. The molecule has 3 rings (SSSR count). The predicted molar refractivity (Wildman–Crippen MR) is 90.1 cm³/mol. The van der Waals surface area contributed by atoms with Crippen molar-refractivity contribution in [2.45, 2.75) is 38.6 Å². The van der Waals surface area contributed by atoms with Gasteiger partial charge < -0.3 is 10.1 Å². The summed E-state index contributed by atoms with van der Waals surface area (Å²) < 4.78 is 5.39. The maximum absolute atomic E-state index is 5.39. The third kappa shape index (κ3) is 3.54. The Morgan fingerprint density at radius 1 is 1.24 bits per heavy atom. The molecule has 0 atom stereocenters. The number of nitrogens with zero attached hydrogens (tertiary/aromatic N) is 1. The summed E-state index contributed by atoms with van der Waals surface area (Å²) in [4.78, 5) is 4.80. The Hall–Kier alpha value is -1.16. The molecule has 0 saturated heterocycles. The minimum absolute atomic E-state index is 0.499. The molecule has 2 aliphatic rings. The lowest BCUT2D eigenvalue weighted by Gasteiger charge is -2.38. The maximum atomic E-state index is 5.39. The van der Waals surface area contributed by atoms with Crippen molar-refractivity contribution < 1.29 is 4.74 Å². The van der Waals surface area contributed by atoms with E-state index in [4.69, 9.17) is 9.73 Å². The van der Waals surface area contributed by atoms with Gasteiger partial charge in [0.05, 0.1) is 7.11 Å². The third-order valence-corrected chi connectivity index (χ3v) is 5.91. The van der Waals surface area contributed by atoms with Gasteiger partial charge in [0.15, 0.2) is 5.17 Å². The van der Waals surface area contributed by atoms with E-state index in [0.29, 0.717) is 5.41 Å². The van der Waals surface area contributed by atoms with Crippen molar-refractivity contribution in [3.63, 3.8) is 0 Å². The van der Waals surface area contributed by atoms with Gasteiger partial charge in [0.2, 0.25) is 0 Å². The molecule has 1 aromatic carbocycles. The van der Waals surface area contributed by atoms with Crippen LogP contribution in [0.1, 0.15) is 37.7 Å². The Labute approximate surface area is 131 Å². The fourth-order valence-electron chi connectivity index (χ4n) is 3.28. The Kier molecular flexibility index (Phi) is 4.73. The van der Waals surface area contributed by atoms with Gasteiger partial charge in [0.25, 0.3) is 0 Å². The number of ether oxygens (including phenoxy) is 1. The summed E-state index contributed by atoms with van der Waals surface area (Å²) in [6.07, 6.45) is 6.92. The van der Waals surface area contributed by atoms with Gasteiger partial charge in [-0.1, -0.05) is 49.2 Å². The van der Waals surface area contributed by atoms with E-state index >= 15 is 0 Å². The molecule has 1 aromatic rings. The molecule has 4 heteroatoms. The molecule has 1 fully saturated rings. The molecule has 1 heterocycles. The summed E-state index contributed by atoms with van der Waals surface area (Å²) >= 11 is 1.90. The van der Waals surface area contributed by atoms with Crippen LogP contribution in [-0.2, 0) is 6.54 Å². The summed E-state index contributed by atoms with van der Waals surface area (Å²) in [7, 11) is 1.72. The molecule has 0 unspecified atom stereocenters. The van der Waals surface area contributed by atoms with Crippen LogP contribution in [0.15, 0.2) is 29.3 Å². The third-order valence-electron chi connectivity index (χ3n) is 4.61. The number of thioether (sulfide) groups is 1. The van der Waals surface area contributed by atoms with E-state index in [1.165, 1.54) is 43.4 Å². The molecule has 0 bridgehead atoms. The second-order valence-corrected chi connectivity index (χ2v) is 7.10. The zero-order valence-electron chi connectivity index (χ0n) is 12.7. The zero-order chi connectivity index (χ0) is 14.5. The van der Waals surface area contributed by atoms with Gasteiger partial charge in [-0.25, -0.2) is 0 Å². The van der Waals surface area contributed by atoms with Gasteiger partial charge in [-0.05, 0) is 24.3 Å². The second kappa shape index (κ2) is 6.73. The first kappa shape index (κ1) is 14.8. The minimum atomic E-state index is 0.499.